The van der Waals surface area contributed by atoms with Crippen molar-refractivity contribution in [1.82, 2.24) is 20.4 Å². The maximum absolute atomic E-state index is 10.8. The molecule has 1 atom stereocenters. The minimum Gasteiger partial charge on any atom is -0.492 e. The molecule has 0 saturated heterocycles. The summed E-state index contributed by atoms with van der Waals surface area (Å²) in [5, 5.41) is 31.1. The number of non-ortho nitro benzene ring substituents is 1. The lowest BCUT2D eigenvalue weighted by atomic mass is 10.2. The summed E-state index contributed by atoms with van der Waals surface area (Å²) in [5.74, 6) is 1.47. The summed E-state index contributed by atoms with van der Waals surface area (Å²) in [5.41, 5.74) is 1.43. The van der Waals surface area contributed by atoms with Crippen LogP contribution >= 0.6 is 23.1 Å². The fourth-order valence-corrected chi connectivity index (χ4v) is 4.66. The van der Waals surface area contributed by atoms with E-state index in [0.717, 1.165) is 15.8 Å². The quantitative estimate of drug-likeness (QED) is 0.190. The number of nitrogens with one attached hydrogen (secondary N) is 1. The zero-order valence-corrected chi connectivity index (χ0v) is 18.7. The Balaban J connectivity index is 1.41. The number of benzene rings is 2. The van der Waals surface area contributed by atoms with Gasteiger partial charge in [0.15, 0.2) is 4.34 Å². The molecule has 4 rings (SSSR count). The third-order valence-electron chi connectivity index (χ3n) is 4.23. The van der Waals surface area contributed by atoms with Crippen LogP contribution in [0.1, 0.15) is 25.0 Å². The van der Waals surface area contributed by atoms with Crippen LogP contribution in [0.25, 0.3) is 11.5 Å². The molecule has 164 valence electrons. The highest BCUT2D eigenvalue weighted by molar-refractivity contribution is 8.01. The van der Waals surface area contributed by atoms with E-state index in [2.05, 4.69) is 25.7 Å². The van der Waals surface area contributed by atoms with E-state index in [-0.39, 0.29) is 10.9 Å². The van der Waals surface area contributed by atoms with E-state index in [0.29, 0.717) is 29.1 Å². The molecule has 12 heteroatoms. The van der Waals surface area contributed by atoms with Crippen LogP contribution < -0.4 is 10.1 Å². The summed E-state index contributed by atoms with van der Waals surface area (Å²) in [6.45, 7) is 4.43. The molecule has 0 bridgehead atoms. The summed E-state index contributed by atoms with van der Waals surface area (Å²) in [4.78, 5) is 10.3. The second kappa shape index (κ2) is 9.75. The van der Waals surface area contributed by atoms with Crippen LogP contribution in [0.15, 0.2) is 57.3 Å². The van der Waals surface area contributed by atoms with Gasteiger partial charge in [-0.25, -0.2) is 0 Å². The number of nitro benzene ring substituents is 1. The summed E-state index contributed by atoms with van der Waals surface area (Å²) >= 11 is 2.85. The Morgan fingerprint density at radius 3 is 2.69 bits per heavy atom. The Morgan fingerprint density at radius 1 is 1.16 bits per heavy atom. The highest BCUT2D eigenvalue weighted by Crippen LogP contribution is 2.38. The summed E-state index contributed by atoms with van der Waals surface area (Å²) in [7, 11) is 0. The van der Waals surface area contributed by atoms with Gasteiger partial charge in [0, 0.05) is 17.7 Å². The van der Waals surface area contributed by atoms with Crippen LogP contribution in [0.3, 0.4) is 0 Å². The summed E-state index contributed by atoms with van der Waals surface area (Å²) < 4.78 is 12.1. The van der Waals surface area contributed by atoms with Gasteiger partial charge in [0.2, 0.25) is 16.9 Å². The molecule has 0 aliphatic heterocycles. The fraction of sp³-hybridized carbons (Fsp3) is 0.200. The second-order valence-corrected chi connectivity index (χ2v) is 9.00. The number of hydrogen-bond donors (Lipinski definition) is 1. The average Bonchev–Trinajstić information content (AvgIpc) is 3.45. The van der Waals surface area contributed by atoms with Crippen molar-refractivity contribution in [3.8, 4) is 17.2 Å². The number of aromatic nitrogens is 4. The van der Waals surface area contributed by atoms with Gasteiger partial charge in [0.25, 0.3) is 5.69 Å². The zero-order valence-electron chi connectivity index (χ0n) is 17.1. The normalized spacial score (nSPS) is 11.8. The van der Waals surface area contributed by atoms with Crippen molar-refractivity contribution in [2.45, 2.75) is 23.4 Å². The second-order valence-electron chi connectivity index (χ2n) is 6.44. The topological polar surface area (TPSA) is 129 Å². The van der Waals surface area contributed by atoms with Gasteiger partial charge in [0.1, 0.15) is 5.75 Å². The first-order valence-corrected chi connectivity index (χ1v) is 11.3. The molecule has 0 fully saturated rings. The van der Waals surface area contributed by atoms with Crippen molar-refractivity contribution in [1.29, 1.82) is 0 Å². The van der Waals surface area contributed by atoms with E-state index in [1.54, 1.807) is 12.1 Å². The minimum atomic E-state index is -0.456. The highest BCUT2D eigenvalue weighted by Gasteiger charge is 2.19. The Bertz CT molecular complexity index is 1210. The molecule has 4 aromatic rings. The molecule has 0 amide bonds. The van der Waals surface area contributed by atoms with Gasteiger partial charge < -0.3 is 14.5 Å². The SMILES string of the molecule is CCOc1ccccc1Nc1nnc(SC(C)c2nnc(-c3ccc([N+](=O)[O-])cc3)o2)s1. The van der Waals surface area contributed by atoms with Crippen LogP contribution in [-0.2, 0) is 0 Å². The number of rotatable bonds is 9. The molecule has 0 saturated carbocycles. The molecule has 0 aliphatic carbocycles. The molecular weight excluding hydrogens is 452 g/mol. The molecule has 0 spiro atoms. The van der Waals surface area contributed by atoms with Crippen LogP contribution in [0.4, 0.5) is 16.5 Å². The lowest BCUT2D eigenvalue weighted by Gasteiger charge is -2.09. The first-order valence-electron chi connectivity index (χ1n) is 9.60. The van der Waals surface area contributed by atoms with Gasteiger partial charge in [-0.2, -0.15) is 0 Å². The maximum Gasteiger partial charge on any atom is 0.269 e. The van der Waals surface area contributed by atoms with Crippen molar-refractivity contribution in [3.63, 3.8) is 0 Å². The van der Waals surface area contributed by atoms with Crippen LogP contribution in [0.5, 0.6) is 5.75 Å². The van der Waals surface area contributed by atoms with E-state index in [4.69, 9.17) is 9.15 Å². The first-order chi connectivity index (χ1) is 15.5. The predicted molar refractivity (Wildman–Crippen MR) is 121 cm³/mol. The van der Waals surface area contributed by atoms with Gasteiger partial charge in [-0.15, -0.1) is 20.4 Å². The summed E-state index contributed by atoms with van der Waals surface area (Å²) in [6.07, 6.45) is 0. The molecule has 32 heavy (non-hydrogen) atoms. The molecule has 0 aliphatic rings. The van der Waals surface area contributed by atoms with Crippen LogP contribution in [-0.4, -0.2) is 31.9 Å². The number of hydrogen-bond acceptors (Lipinski definition) is 11. The smallest absolute Gasteiger partial charge is 0.269 e. The van der Waals surface area contributed by atoms with E-state index >= 15 is 0 Å². The molecule has 10 nitrogen and oxygen atoms in total. The molecule has 2 heterocycles. The number of anilines is 2. The monoisotopic (exact) mass is 470 g/mol. The largest absolute Gasteiger partial charge is 0.492 e. The molecule has 2 aromatic carbocycles. The molecular formula is C20H18N6O4S2. The van der Waals surface area contributed by atoms with E-state index in [1.807, 2.05) is 38.1 Å². The first kappa shape index (κ1) is 21.7. The Labute approximate surface area is 191 Å². The minimum absolute atomic E-state index is 0.00183. The van der Waals surface area contributed by atoms with Gasteiger partial charge in [-0.1, -0.05) is 35.2 Å². The highest BCUT2D eigenvalue weighted by atomic mass is 32.2. The van der Waals surface area contributed by atoms with Gasteiger partial charge >= 0.3 is 0 Å². The van der Waals surface area contributed by atoms with E-state index in [9.17, 15) is 10.1 Å². The van der Waals surface area contributed by atoms with E-state index in [1.165, 1.54) is 35.2 Å². The third kappa shape index (κ3) is 5.03. The number of ether oxygens (including phenoxy) is 1. The molecule has 2 aromatic heterocycles. The maximum atomic E-state index is 10.8. The number of nitrogens with zero attached hydrogens (tertiary/aromatic N) is 5. The standard InChI is InChI=1S/C20H18N6O4S2/c1-3-29-16-7-5-4-6-15(16)21-19-24-25-20(32-19)31-12(2)17-22-23-18(30-17)13-8-10-14(11-9-13)26(27)28/h4-12H,3H2,1-2H3,(H,21,24). The van der Waals surface area contributed by atoms with Gasteiger partial charge in [-0.3, -0.25) is 10.1 Å². The van der Waals surface area contributed by atoms with Crippen LogP contribution in [0.2, 0.25) is 0 Å². The number of thioether (sulfide) groups is 1. The molecule has 1 unspecified atom stereocenters. The van der Waals surface area contributed by atoms with E-state index < -0.39 is 4.92 Å². The summed E-state index contributed by atoms with van der Waals surface area (Å²) in [6, 6.07) is 13.6. The zero-order chi connectivity index (χ0) is 22.5. The van der Waals surface area contributed by atoms with Gasteiger partial charge in [0.05, 0.1) is 22.5 Å². The fourth-order valence-electron chi connectivity index (χ4n) is 2.72. The Kier molecular flexibility index (Phi) is 6.61. The van der Waals surface area contributed by atoms with Crippen molar-refractivity contribution in [2.24, 2.45) is 0 Å². The molecule has 0 radical (unpaired) electrons. The molecule has 1 N–H and O–H groups in total. The number of nitro groups is 1. The van der Waals surface area contributed by atoms with Crippen molar-refractivity contribution in [3.05, 3.63) is 64.5 Å². The Morgan fingerprint density at radius 2 is 1.94 bits per heavy atom. The lowest BCUT2D eigenvalue weighted by Crippen LogP contribution is -1.97. The number of para-hydroxylation sites is 2. The van der Waals surface area contributed by atoms with Crippen molar-refractivity contribution in [2.75, 3.05) is 11.9 Å². The van der Waals surface area contributed by atoms with Crippen molar-refractivity contribution >= 4 is 39.6 Å². The lowest BCUT2D eigenvalue weighted by molar-refractivity contribution is -0.384. The Hall–Kier alpha value is -3.51. The van der Waals surface area contributed by atoms with Crippen molar-refractivity contribution < 1.29 is 14.1 Å². The van der Waals surface area contributed by atoms with Gasteiger partial charge in [-0.05, 0) is 38.1 Å². The third-order valence-corrected chi connectivity index (χ3v) is 6.24. The van der Waals surface area contributed by atoms with Crippen LogP contribution in [0, 0.1) is 10.1 Å². The average molecular weight is 471 g/mol. The predicted octanol–water partition coefficient (Wildman–Crippen LogP) is 5.49.